The Labute approximate surface area is 228 Å². The van der Waals surface area contributed by atoms with E-state index in [-0.39, 0.29) is 17.7 Å². The Morgan fingerprint density at radius 3 is 2.38 bits per heavy atom. The Morgan fingerprint density at radius 1 is 0.950 bits per heavy atom. The second-order valence-corrected chi connectivity index (χ2v) is 11.5. The van der Waals surface area contributed by atoms with Crippen LogP contribution in [0.2, 0.25) is 0 Å². The molecule has 2 heterocycles. The highest BCUT2D eigenvalue weighted by molar-refractivity contribution is 7.90. The molecule has 0 radical (unpaired) electrons. The van der Waals surface area contributed by atoms with E-state index in [2.05, 4.69) is 15.3 Å². The van der Waals surface area contributed by atoms with E-state index in [1.165, 1.54) is 42.6 Å². The number of rotatable bonds is 8. The number of sulfone groups is 1. The van der Waals surface area contributed by atoms with Crippen molar-refractivity contribution in [1.29, 1.82) is 0 Å². The molecule has 0 aliphatic heterocycles. The quantitative estimate of drug-likeness (QED) is 0.254. The Balaban J connectivity index is 1.51. The number of aromatic amines is 1. The van der Waals surface area contributed by atoms with Crippen molar-refractivity contribution in [1.82, 2.24) is 15.3 Å². The fraction of sp³-hybridized carbons (Fsp3) is 0.133. The SMILES string of the molecule is CS(=O)(=O)c1ccc(-c2cccnc2C(Cc2cc(F)cc(F)c2)NC(=O)Cc2c[nH]c3ccc(F)cc23)cc1. The summed E-state index contributed by atoms with van der Waals surface area (Å²) in [4.78, 5) is 21.0. The maximum atomic E-state index is 14.0. The molecular weight excluding hydrogens is 539 g/mol. The number of fused-ring (bicyclic) bond motifs is 1. The molecular formula is C30H24F3N3O3S. The minimum absolute atomic E-state index is 0.0222. The largest absolute Gasteiger partial charge is 0.361 e. The molecule has 40 heavy (non-hydrogen) atoms. The molecule has 0 fully saturated rings. The number of pyridine rings is 1. The van der Waals surface area contributed by atoms with Crippen LogP contribution < -0.4 is 5.32 Å². The zero-order valence-electron chi connectivity index (χ0n) is 21.3. The summed E-state index contributed by atoms with van der Waals surface area (Å²) in [5, 5.41) is 3.51. The van der Waals surface area contributed by atoms with Gasteiger partial charge in [0.15, 0.2) is 9.84 Å². The van der Waals surface area contributed by atoms with Crippen molar-refractivity contribution in [3.05, 3.63) is 119 Å². The summed E-state index contributed by atoms with van der Waals surface area (Å²) in [5.41, 5.74) is 3.26. The molecule has 204 valence electrons. The molecule has 0 spiro atoms. The number of halogens is 3. The van der Waals surface area contributed by atoms with Gasteiger partial charge in [-0.15, -0.1) is 0 Å². The van der Waals surface area contributed by atoms with Gasteiger partial charge in [0.2, 0.25) is 5.91 Å². The van der Waals surface area contributed by atoms with Crippen molar-refractivity contribution in [3.63, 3.8) is 0 Å². The van der Waals surface area contributed by atoms with Crippen LogP contribution in [0.1, 0.15) is 22.9 Å². The van der Waals surface area contributed by atoms with E-state index in [1.807, 2.05) is 0 Å². The molecule has 5 aromatic rings. The number of aromatic nitrogens is 2. The molecule has 1 atom stereocenters. The van der Waals surface area contributed by atoms with Crippen molar-refractivity contribution in [2.45, 2.75) is 23.8 Å². The summed E-state index contributed by atoms with van der Waals surface area (Å²) in [6.07, 6.45) is 4.23. The van der Waals surface area contributed by atoms with Crippen molar-refractivity contribution < 1.29 is 26.4 Å². The topological polar surface area (TPSA) is 91.9 Å². The summed E-state index contributed by atoms with van der Waals surface area (Å²) in [5.74, 6) is -2.34. The van der Waals surface area contributed by atoms with Crippen LogP contribution in [-0.2, 0) is 27.5 Å². The Hall–Kier alpha value is -4.44. The van der Waals surface area contributed by atoms with Crippen LogP contribution in [0.4, 0.5) is 13.2 Å². The maximum absolute atomic E-state index is 14.0. The lowest BCUT2D eigenvalue weighted by Crippen LogP contribution is -2.32. The van der Waals surface area contributed by atoms with Gasteiger partial charge in [-0.3, -0.25) is 9.78 Å². The summed E-state index contributed by atoms with van der Waals surface area (Å²) in [6, 6.07) is 16.3. The first kappa shape index (κ1) is 27.1. The van der Waals surface area contributed by atoms with Crippen molar-refractivity contribution in [3.8, 4) is 11.1 Å². The molecule has 0 saturated carbocycles. The van der Waals surface area contributed by atoms with E-state index in [0.717, 1.165) is 12.3 Å². The number of carbonyl (C=O) groups is 1. The third kappa shape index (κ3) is 6.07. The molecule has 3 aromatic carbocycles. The number of amides is 1. The normalized spacial score (nSPS) is 12.4. The van der Waals surface area contributed by atoms with Crippen LogP contribution in [0.5, 0.6) is 0 Å². The van der Waals surface area contributed by atoms with Crippen LogP contribution in [0, 0.1) is 17.5 Å². The average Bonchev–Trinajstić information content (AvgIpc) is 3.28. The van der Waals surface area contributed by atoms with Crippen LogP contribution in [-0.4, -0.2) is 30.5 Å². The predicted molar refractivity (Wildman–Crippen MR) is 146 cm³/mol. The second kappa shape index (κ2) is 11.0. The highest BCUT2D eigenvalue weighted by atomic mass is 32.2. The Kier molecular flexibility index (Phi) is 7.44. The number of H-pyrrole nitrogens is 1. The monoisotopic (exact) mass is 563 g/mol. The summed E-state index contributed by atoms with van der Waals surface area (Å²) in [7, 11) is -3.41. The van der Waals surface area contributed by atoms with Crippen LogP contribution in [0.15, 0.2) is 90.1 Å². The number of hydrogen-bond acceptors (Lipinski definition) is 4. The van der Waals surface area contributed by atoms with E-state index in [1.54, 1.807) is 36.5 Å². The molecule has 5 rings (SSSR count). The summed E-state index contributed by atoms with van der Waals surface area (Å²) >= 11 is 0. The van der Waals surface area contributed by atoms with E-state index >= 15 is 0 Å². The zero-order chi connectivity index (χ0) is 28.4. The fourth-order valence-corrected chi connectivity index (χ4v) is 5.35. The van der Waals surface area contributed by atoms with Gasteiger partial charge in [-0.25, -0.2) is 21.6 Å². The molecule has 2 aromatic heterocycles. The van der Waals surface area contributed by atoms with Gasteiger partial charge < -0.3 is 10.3 Å². The highest BCUT2D eigenvalue weighted by Gasteiger charge is 2.22. The van der Waals surface area contributed by atoms with E-state index < -0.39 is 39.2 Å². The Morgan fingerprint density at radius 2 is 1.68 bits per heavy atom. The Bertz CT molecular complexity index is 1800. The molecule has 1 amide bonds. The third-order valence-electron chi connectivity index (χ3n) is 6.54. The first-order valence-electron chi connectivity index (χ1n) is 12.3. The van der Waals surface area contributed by atoms with Crippen molar-refractivity contribution in [2.75, 3.05) is 6.26 Å². The van der Waals surface area contributed by atoms with Crippen LogP contribution in [0.25, 0.3) is 22.0 Å². The van der Waals surface area contributed by atoms with Gasteiger partial charge >= 0.3 is 0 Å². The molecule has 2 N–H and O–H groups in total. The van der Waals surface area contributed by atoms with Crippen LogP contribution >= 0.6 is 0 Å². The van der Waals surface area contributed by atoms with Gasteiger partial charge in [0, 0.05) is 41.2 Å². The number of carbonyl (C=O) groups excluding carboxylic acids is 1. The number of nitrogens with one attached hydrogen (secondary N) is 2. The van der Waals surface area contributed by atoms with Gasteiger partial charge in [-0.1, -0.05) is 18.2 Å². The first-order chi connectivity index (χ1) is 19.1. The molecule has 10 heteroatoms. The van der Waals surface area contributed by atoms with E-state index in [4.69, 9.17) is 0 Å². The molecule has 0 aliphatic rings. The van der Waals surface area contributed by atoms with Gasteiger partial charge in [0.05, 0.1) is 23.1 Å². The van der Waals surface area contributed by atoms with Crippen molar-refractivity contribution >= 4 is 26.6 Å². The predicted octanol–water partition coefficient (Wildman–Crippen LogP) is 5.69. The lowest BCUT2D eigenvalue weighted by atomic mass is 9.95. The second-order valence-electron chi connectivity index (χ2n) is 9.52. The van der Waals surface area contributed by atoms with Crippen molar-refractivity contribution in [2.24, 2.45) is 0 Å². The molecule has 0 saturated heterocycles. The zero-order valence-corrected chi connectivity index (χ0v) is 22.1. The third-order valence-corrected chi connectivity index (χ3v) is 7.67. The van der Waals surface area contributed by atoms with E-state index in [0.29, 0.717) is 38.9 Å². The summed E-state index contributed by atoms with van der Waals surface area (Å²) < 4.78 is 65.8. The molecule has 0 bridgehead atoms. The minimum Gasteiger partial charge on any atom is -0.361 e. The number of hydrogen-bond donors (Lipinski definition) is 2. The highest BCUT2D eigenvalue weighted by Crippen LogP contribution is 2.30. The van der Waals surface area contributed by atoms with Gasteiger partial charge in [0.25, 0.3) is 0 Å². The van der Waals surface area contributed by atoms with Gasteiger partial charge in [0.1, 0.15) is 17.5 Å². The average molecular weight is 564 g/mol. The maximum Gasteiger partial charge on any atom is 0.225 e. The number of nitrogens with zero attached hydrogens (tertiary/aromatic N) is 1. The first-order valence-corrected chi connectivity index (χ1v) is 14.2. The lowest BCUT2D eigenvalue weighted by Gasteiger charge is -2.22. The fourth-order valence-electron chi connectivity index (χ4n) is 4.72. The number of benzene rings is 3. The molecule has 0 aliphatic carbocycles. The van der Waals surface area contributed by atoms with Crippen LogP contribution in [0.3, 0.4) is 0 Å². The summed E-state index contributed by atoms with van der Waals surface area (Å²) in [6.45, 7) is 0. The molecule has 1 unspecified atom stereocenters. The minimum atomic E-state index is -3.41. The van der Waals surface area contributed by atoms with E-state index in [9.17, 15) is 26.4 Å². The standard InChI is InChI=1S/C30H24F3N3O3S/c1-40(38,39)24-7-4-19(5-8-24)25-3-2-10-34-30(25)28(13-18-11-22(32)15-23(33)12-18)36-29(37)14-20-17-35-27-9-6-21(31)16-26(20)27/h2-12,15-17,28,35H,13-14H2,1H3,(H,36,37). The smallest absolute Gasteiger partial charge is 0.225 e. The van der Waals surface area contributed by atoms with Gasteiger partial charge in [-0.2, -0.15) is 0 Å². The molecule has 6 nitrogen and oxygen atoms in total. The van der Waals surface area contributed by atoms with Gasteiger partial charge in [-0.05, 0) is 71.6 Å². The lowest BCUT2D eigenvalue weighted by molar-refractivity contribution is -0.121.